The fraction of sp³-hybridized carbons (Fsp3) is 0.0270. The number of fused-ring (bicyclic) bond motifs is 4. The van der Waals surface area contributed by atoms with Gasteiger partial charge in [-0.05, 0) is 182 Å². The Morgan fingerprint density at radius 1 is 0.282 bits per heavy atom. The van der Waals surface area contributed by atoms with Crippen molar-refractivity contribution in [3.05, 3.63) is 302 Å². The Bertz CT molecular complexity index is 4080. The minimum atomic E-state index is -0.222. The molecule has 0 saturated heterocycles. The Morgan fingerprint density at radius 3 is 1.35 bits per heavy atom. The number of hydrogen-bond acceptors (Lipinski definition) is 3. The molecule has 0 atom stereocenters. The third-order valence-corrected chi connectivity index (χ3v) is 15.9. The first-order chi connectivity index (χ1) is 38.5. The molecule has 14 rings (SSSR count). The van der Waals surface area contributed by atoms with Crippen LogP contribution < -0.4 is 25.5 Å². The van der Waals surface area contributed by atoms with Crippen molar-refractivity contribution < 1.29 is 0 Å². The molecule has 78 heavy (non-hydrogen) atoms. The van der Waals surface area contributed by atoms with E-state index in [-0.39, 0.29) is 6.85 Å². The average Bonchev–Trinajstić information content (AvgIpc) is 3.62. The molecule has 0 saturated carbocycles. The summed E-state index contributed by atoms with van der Waals surface area (Å²) in [5.74, 6) is 0. The topological polar surface area (TPSA) is 9.72 Å². The maximum absolute atomic E-state index is 2.63. The summed E-state index contributed by atoms with van der Waals surface area (Å²) in [5.41, 5.74) is 28.3. The van der Waals surface area contributed by atoms with Crippen LogP contribution in [0.15, 0.2) is 291 Å². The van der Waals surface area contributed by atoms with Gasteiger partial charge in [-0.2, -0.15) is 0 Å². The van der Waals surface area contributed by atoms with Crippen molar-refractivity contribution >= 4 is 63.3 Å². The van der Waals surface area contributed by atoms with Gasteiger partial charge in [-0.15, -0.1) is 0 Å². The zero-order valence-corrected chi connectivity index (χ0v) is 43.6. The van der Waals surface area contributed by atoms with Gasteiger partial charge >= 0.3 is 6.85 Å². The van der Waals surface area contributed by atoms with Crippen LogP contribution in [0.2, 0.25) is 0 Å². The van der Waals surface area contributed by atoms with E-state index in [1.54, 1.807) is 0 Å². The molecule has 0 bridgehead atoms. The second-order valence-electron chi connectivity index (χ2n) is 20.6. The highest BCUT2D eigenvalue weighted by molar-refractivity contribution is 6.93. The van der Waals surface area contributed by atoms with Gasteiger partial charge in [0.2, 0.25) is 0 Å². The lowest BCUT2D eigenvalue weighted by molar-refractivity contribution is 1.23. The van der Waals surface area contributed by atoms with Crippen LogP contribution in [0.3, 0.4) is 0 Å². The molecule has 2 heterocycles. The van der Waals surface area contributed by atoms with Gasteiger partial charge in [0.05, 0.1) is 0 Å². The van der Waals surface area contributed by atoms with Crippen molar-refractivity contribution in [3.8, 4) is 66.8 Å². The maximum Gasteiger partial charge on any atom is 0.333 e. The van der Waals surface area contributed by atoms with E-state index in [9.17, 15) is 0 Å². The Hall–Kier alpha value is -9.90. The van der Waals surface area contributed by atoms with Crippen molar-refractivity contribution in [2.75, 3.05) is 14.6 Å². The summed E-state index contributed by atoms with van der Waals surface area (Å²) in [6, 6.07) is 107. The summed E-state index contributed by atoms with van der Waals surface area (Å²) < 4.78 is 0. The van der Waals surface area contributed by atoms with E-state index in [1.165, 1.54) is 100 Å². The quantitative estimate of drug-likeness (QED) is 0.126. The molecule has 368 valence electrons. The van der Waals surface area contributed by atoms with Crippen LogP contribution in [-0.2, 0) is 0 Å². The predicted molar refractivity (Wildman–Crippen MR) is 332 cm³/mol. The minimum absolute atomic E-state index is 0.222. The minimum Gasteiger partial charge on any atom is -0.376 e. The Labute approximate surface area is 458 Å². The Balaban J connectivity index is 1.04. The smallest absolute Gasteiger partial charge is 0.333 e. The van der Waals surface area contributed by atoms with Crippen LogP contribution in [0.5, 0.6) is 0 Å². The normalized spacial score (nSPS) is 12.2. The second-order valence-corrected chi connectivity index (χ2v) is 20.6. The van der Waals surface area contributed by atoms with E-state index in [0.29, 0.717) is 0 Å². The maximum atomic E-state index is 2.63. The van der Waals surface area contributed by atoms with Crippen molar-refractivity contribution in [1.29, 1.82) is 0 Å². The highest BCUT2D eigenvalue weighted by Gasteiger charge is 2.46. The average molecular weight is 996 g/mol. The van der Waals surface area contributed by atoms with E-state index in [1.807, 2.05) is 0 Å². The van der Waals surface area contributed by atoms with E-state index < -0.39 is 0 Å². The summed E-state index contributed by atoms with van der Waals surface area (Å²) in [5, 5.41) is 0. The second kappa shape index (κ2) is 19.7. The van der Waals surface area contributed by atoms with Crippen LogP contribution in [-0.4, -0.2) is 6.85 Å². The molecule has 2 aliphatic heterocycles. The molecule has 0 aliphatic carbocycles. The van der Waals surface area contributed by atoms with Gasteiger partial charge in [-0.25, -0.2) is 0 Å². The highest BCUT2D eigenvalue weighted by Crippen LogP contribution is 2.50. The molecule has 12 aromatic rings. The van der Waals surface area contributed by atoms with Crippen molar-refractivity contribution in [2.24, 2.45) is 0 Å². The molecule has 0 aromatic heterocycles. The summed E-state index contributed by atoms with van der Waals surface area (Å²) >= 11 is 0. The molecule has 3 nitrogen and oxygen atoms in total. The lowest BCUT2D eigenvalue weighted by Gasteiger charge is -2.46. The van der Waals surface area contributed by atoms with Gasteiger partial charge in [0, 0.05) is 51.1 Å². The first kappa shape index (κ1) is 46.6. The monoisotopic (exact) mass is 995 g/mol. The molecule has 0 N–H and O–H groups in total. The number of rotatable bonds is 10. The summed E-state index contributed by atoms with van der Waals surface area (Å²) in [6.07, 6.45) is 0. The van der Waals surface area contributed by atoms with E-state index in [4.69, 9.17) is 0 Å². The van der Waals surface area contributed by atoms with Crippen molar-refractivity contribution in [3.63, 3.8) is 0 Å². The lowest BCUT2D eigenvalue weighted by Crippen LogP contribution is -2.61. The summed E-state index contributed by atoms with van der Waals surface area (Å²) in [4.78, 5) is 7.63. The largest absolute Gasteiger partial charge is 0.376 e. The van der Waals surface area contributed by atoms with Crippen LogP contribution in [0.25, 0.3) is 66.8 Å². The number of aryl methyl sites for hydroxylation is 2. The zero-order valence-electron chi connectivity index (χ0n) is 43.6. The molecule has 0 fully saturated rings. The summed E-state index contributed by atoms with van der Waals surface area (Å²) in [7, 11) is 0. The number of benzene rings is 12. The number of hydrogen-bond donors (Lipinski definition) is 0. The van der Waals surface area contributed by atoms with E-state index in [2.05, 4.69) is 320 Å². The first-order valence-electron chi connectivity index (χ1n) is 27.0. The van der Waals surface area contributed by atoms with Gasteiger partial charge in [-0.3, -0.25) is 0 Å². The number of para-hydroxylation sites is 1. The number of anilines is 8. The third-order valence-electron chi connectivity index (χ3n) is 15.9. The fourth-order valence-electron chi connectivity index (χ4n) is 12.1. The van der Waals surface area contributed by atoms with E-state index in [0.717, 1.165) is 34.1 Å². The van der Waals surface area contributed by atoms with Gasteiger partial charge in [-0.1, -0.05) is 206 Å². The third kappa shape index (κ3) is 8.27. The molecule has 0 spiro atoms. The van der Waals surface area contributed by atoms with Crippen molar-refractivity contribution in [1.82, 2.24) is 0 Å². The molecule has 0 radical (unpaired) electrons. The van der Waals surface area contributed by atoms with E-state index >= 15 is 0 Å². The first-order valence-corrected chi connectivity index (χ1v) is 27.0. The standard InChI is InChI=1S/C74H54BN3/c1-51-20-15-16-31-66(51)61-48-68-67-32-17-18-33-71(67)78(65-30-19-29-59(47-65)55-25-11-5-12-26-55)75-69-50-64(43-45-72(69)77(73(49-61)74(68)75)70-44-38-60(46-52(70)2)56-27-13-6-14-28-56)76(62-39-34-57(35-40-62)53-21-7-3-8-22-53)63-41-36-58(37-42-63)54-23-9-4-10-24-54/h3-50H,1-2H3. The van der Waals surface area contributed by atoms with Gasteiger partial charge in [0.1, 0.15) is 0 Å². The van der Waals surface area contributed by atoms with Crippen LogP contribution in [0.4, 0.5) is 45.5 Å². The van der Waals surface area contributed by atoms with Gasteiger partial charge in [0.25, 0.3) is 0 Å². The van der Waals surface area contributed by atoms with Crippen molar-refractivity contribution in [2.45, 2.75) is 13.8 Å². The fourth-order valence-corrected chi connectivity index (χ4v) is 12.1. The van der Waals surface area contributed by atoms with Crippen LogP contribution in [0.1, 0.15) is 11.1 Å². The molecule has 2 aliphatic rings. The molecule has 0 amide bonds. The number of nitrogens with zero attached hydrogens (tertiary/aromatic N) is 3. The lowest BCUT2D eigenvalue weighted by atomic mass is 9.43. The Kier molecular flexibility index (Phi) is 11.8. The molecule has 12 aromatic carbocycles. The van der Waals surface area contributed by atoms with Crippen LogP contribution in [0, 0.1) is 13.8 Å². The SMILES string of the molecule is Cc1ccccc1-c1cc2c3c(c1)N(c1ccc(-c4ccccc4)cc1C)c1ccc(N(c4ccc(-c5ccccc5)cc4)c4ccc(-c5ccccc5)cc4)cc1B3N(c1cccc(-c3ccccc3)c1)c1ccccc1-2. The van der Waals surface area contributed by atoms with Gasteiger partial charge < -0.3 is 14.6 Å². The Morgan fingerprint density at radius 2 is 0.756 bits per heavy atom. The molecule has 4 heteroatoms. The molecular formula is C74H54BN3. The molecular weight excluding hydrogens is 942 g/mol. The zero-order chi connectivity index (χ0) is 52.1. The predicted octanol–water partition coefficient (Wildman–Crippen LogP) is 18.8. The van der Waals surface area contributed by atoms with Gasteiger partial charge in [0.15, 0.2) is 0 Å². The summed E-state index contributed by atoms with van der Waals surface area (Å²) in [6.45, 7) is 4.28. The highest BCUT2D eigenvalue weighted by atomic mass is 15.2. The molecule has 0 unspecified atom stereocenters. The van der Waals surface area contributed by atoms with Crippen LogP contribution >= 0.6 is 0 Å².